The third-order valence-corrected chi connectivity index (χ3v) is 2.64. The summed E-state index contributed by atoms with van der Waals surface area (Å²) in [7, 11) is 0. The van der Waals surface area contributed by atoms with Crippen LogP contribution in [0.2, 0.25) is 0 Å². The van der Waals surface area contributed by atoms with Crippen LogP contribution >= 0.6 is 0 Å². The smallest absolute Gasteiger partial charge is 0.312 e. The van der Waals surface area contributed by atoms with Crippen molar-refractivity contribution in [1.29, 1.82) is 0 Å². The summed E-state index contributed by atoms with van der Waals surface area (Å²) in [5.41, 5.74) is 0. The molecular formula is C10H18NO3. The van der Waals surface area contributed by atoms with Crippen LogP contribution in [0.25, 0.3) is 0 Å². The second kappa shape index (κ2) is 5.98. The van der Waals surface area contributed by atoms with Crippen molar-refractivity contribution in [2.75, 3.05) is 19.8 Å². The summed E-state index contributed by atoms with van der Waals surface area (Å²) in [5.74, 6) is 0. The Balaban J connectivity index is 2.49. The van der Waals surface area contributed by atoms with Crippen molar-refractivity contribution in [3.63, 3.8) is 0 Å². The highest BCUT2D eigenvalue weighted by atomic mass is 16.5. The molecule has 1 saturated heterocycles. The van der Waals surface area contributed by atoms with Gasteiger partial charge in [0.2, 0.25) is 0 Å². The lowest BCUT2D eigenvalue weighted by Gasteiger charge is -2.37. The zero-order valence-electron chi connectivity index (χ0n) is 8.61. The number of hydrogen-bond acceptors (Lipinski definition) is 3. The molecule has 0 aliphatic carbocycles. The molecule has 14 heavy (non-hydrogen) atoms. The van der Waals surface area contributed by atoms with Crippen LogP contribution in [0.5, 0.6) is 0 Å². The van der Waals surface area contributed by atoms with E-state index in [0.717, 1.165) is 19.3 Å². The van der Waals surface area contributed by atoms with Crippen molar-refractivity contribution >= 4 is 6.41 Å². The van der Waals surface area contributed by atoms with E-state index in [1.54, 1.807) is 0 Å². The third-order valence-electron chi connectivity index (χ3n) is 2.64. The van der Waals surface area contributed by atoms with Crippen LogP contribution in [0.4, 0.5) is 0 Å². The summed E-state index contributed by atoms with van der Waals surface area (Å²) in [4.78, 5) is 12.1. The van der Waals surface area contributed by atoms with Crippen LogP contribution in [-0.4, -0.2) is 48.3 Å². The Morgan fingerprint density at radius 3 is 3.00 bits per heavy atom. The molecule has 4 nitrogen and oxygen atoms in total. The lowest BCUT2D eigenvalue weighted by Crippen LogP contribution is -2.52. The monoisotopic (exact) mass is 200 g/mol. The predicted molar refractivity (Wildman–Crippen MR) is 52.5 cm³/mol. The Labute approximate surface area is 84.8 Å². The minimum Gasteiger partial charge on any atom is -0.394 e. The number of aliphatic hydroxyl groups excluding tert-OH is 1. The first-order chi connectivity index (χ1) is 6.83. The van der Waals surface area contributed by atoms with Gasteiger partial charge < -0.3 is 14.7 Å². The van der Waals surface area contributed by atoms with E-state index >= 15 is 0 Å². The SMILES string of the molecule is CCCCC1OCCN([C]=O)C1CO. The molecule has 1 rings (SSSR count). The highest BCUT2D eigenvalue weighted by molar-refractivity contribution is 5.49. The van der Waals surface area contributed by atoms with Crippen LogP contribution in [-0.2, 0) is 9.53 Å². The number of rotatable bonds is 5. The lowest BCUT2D eigenvalue weighted by atomic mass is 10.0. The first kappa shape index (κ1) is 11.5. The number of hydrogen-bond donors (Lipinski definition) is 1. The highest BCUT2D eigenvalue weighted by Crippen LogP contribution is 2.17. The fourth-order valence-electron chi connectivity index (χ4n) is 1.79. The maximum Gasteiger partial charge on any atom is 0.312 e. The maximum absolute atomic E-state index is 10.6. The average Bonchev–Trinajstić information content (AvgIpc) is 2.25. The van der Waals surface area contributed by atoms with Gasteiger partial charge >= 0.3 is 6.41 Å². The van der Waals surface area contributed by atoms with Crippen molar-refractivity contribution in [3.8, 4) is 0 Å². The van der Waals surface area contributed by atoms with Crippen LogP contribution in [0.3, 0.4) is 0 Å². The summed E-state index contributed by atoms with van der Waals surface area (Å²) in [6.07, 6.45) is 4.90. The van der Waals surface area contributed by atoms with Gasteiger partial charge in [0.1, 0.15) is 0 Å². The number of carbonyl (C=O) groups excluding carboxylic acids is 1. The van der Waals surface area contributed by atoms with Crippen LogP contribution in [0.15, 0.2) is 0 Å². The van der Waals surface area contributed by atoms with E-state index in [-0.39, 0.29) is 18.8 Å². The molecule has 0 bridgehead atoms. The second-order valence-electron chi connectivity index (χ2n) is 3.59. The van der Waals surface area contributed by atoms with Gasteiger partial charge in [-0.25, -0.2) is 0 Å². The van der Waals surface area contributed by atoms with Gasteiger partial charge in [-0.05, 0) is 6.42 Å². The Morgan fingerprint density at radius 1 is 1.64 bits per heavy atom. The maximum atomic E-state index is 10.6. The van der Waals surface area contributed by atoms with E-state index in [1.807, 2.05) is 6.41 Å². The number of ether oxygens (including phenoxy) is 1. The molecule has 81 valence electrons. The zero-order valence-corrected chi connectivity index (χ0v) is 8.61. The molecule has 0 aromatic heterocycles. The molecule has 0 saturated carbocycles. The number of aliphatic hydroxyl groups is 1. The topological polar surface area (TPSA) is 49.8 Å². The first-order valence-electron chi connectivity index (χ1n) is 5.20. The molecular weight excluding hydrogens is 182 g/mol. The van der Waals surface area contributed by atoms with Gasteiger partial charge in [0.15, 0.2) is 0 Å². The van der Waals surface area contributed by atoms with Crippen molar-refractivity contribution in [1.82, 2.24) is 4.90 Å². The minimum atomic E-state index is -0.201. The zero-order chi connectivity index (χ0) is 10.4. The summed E-state index contributed by atoms with van der Waals surface area (Å²) in [6, 6.07) is -0.201. The van der Waals surface area contributed by atoms with Crippen molar-refractivity contribution in [2.45, 2.75) is 38.3 Å². The molecule has 1 radical (unpaired) electrons. The molecule has 1 amide bonds. The number of morpholine rings is 1. The van der Waals surface area contributed by atoms with Gasteiger partial charge in [0.25, 0.3) is 0 Å². The highest BCUT2D eigenvalue weighted by Gasteiger charge is 2.30. The summed E-state index contributed by atoms with van der Waals surface area (Å²) < 4.78 is 5.54. The van der Waals surface area contributed by atoms with E-state index in [2.05, 4.69) is 6.92 Å². The summed E-state index contributed by atoms with van der Waals surface area (Å²) in [5, 5.41) is 9.16. The molecule has 1 heterocycles. The normalized spacial score (nSPS) is 27.7. The second-order valence-corrected chi connectivity index (χ2v) is 3.59. The van der Waals surface area contributed by atoms with Crippen molar-refractivity contribution in [2.24, 2.45) is 0 Å². The van der Waals surface area contributed by atoms with Gasteiger partial charge in [-0.2, -0.15) is 0 Å². The van der Waals surface area contributed by atoms with Gasteiger partial charge in [0, 0.05) is 6.54 Å². The number of unbranched alkanes of at least 4 members (excludes halogenated alkanes) is 1. The average molecular weight is 200 g/mol. The molecule has 2 unspecified atom stereocenters. The van der Waals surface area contributed by atoms with E-state index in [9.17, 15) is 4.79 Å². The standard InChI is InChI=1S/C10H18NO3/c1-2-3-4-10-9(7-12)11(8-13)5-6-14-10/h9-10,12H,2-7H2,1H3. The van der Waals surface area contributed by atoms with Crippen LogP contribution in [0.1, 0.15) is 26.2 Å². The molecule has 1 fully saturated rings. The van der Waals surface area contributed by atoms with Crippen molar-refractivity contribution < 1.29 is 14.6 Å². The van der Waals surface area contributed by atoms with Gasteiger partial charge in [-0.1, -0.05) is 19.8 Å². The largest absolute Gasteiger partial charge is 0.394 e. The minimum absolute atomic E-state index is 0.0184. The summed E-state index contributed by atoms with van der Waals surface area (Å²) in [6.45, 7) is 3.17. The van der Waals surface area contributed by atoms with Gasteiger partial charge in [-0.15, -0.1) is 0 Å². The molecule has 2 atom stereocenters. The Bertz CT molecular complexity index is 175. The summed E-state index contributed by atoms with van der Waals surface area (Å²) >= 11 is 0. The van der Waals surface area contributed by atoms with E-state index in [4.69, 9.17) is 9.84 Å². The van der Waals surface area contributed by atoms with Crippen molar-refractivity contribution in [3.05, 3.63) is 0 Å². The molecule has 0 spiro atoms. The number of amides is 1. The Morgan fingerprint density at radius 2 is 2.43 bits per heavy atom. The molecule has 4 heteroatoms. The molecule has 1 aliphatic heterocycles. The third kappa shape index (κ3) is 2.69. The first-order valence-corrected chi connectivity index (χ1v) is 5.20. The Hall–Kier alpha value is -0.610. The molecule has 0 aromatic carbocycles. The van der Waals surface area contributed by atoms with Crippen LogP contribution in [0, 0.1) is 0 Å². The molecule has 1 aliphatic rings. The molecule has 0 aromatic rings. The predicted octanol–water partition coefficient (Wildman–Crippen LogP) is 0.306. The quantitative estimate of drug-likeness (QED) is 0.694. The van der Waals surface area contributed by atoms with E-state index in [0.29, 0.717) is 13.2 Å². The molecule has 1 N–H and O–H groups in total. The van der Waals surface area contributed by atoms with Gasteiger partial charge in [0.05, 0.1) is 25.4 Å². The fraction of sp³-hybridized carbons (Fsp3) is 0.900. The van der Waals surface area contributed by atoms with Crippen LogP contribution < -0.4 is 0 Å². The fourth-order valence-corrected chi connectivity index (χ4v) is 1.79. The lowest BCUT2D eigenvalue weighted by molar-refractivity contribution is -0.0654. The van der Waals surface area contributed by atoms with Gasteiger partial charge in [-0.3, -0.25) is 4.79 Å². The van der Waals surface area contributed by atoms with E-state index < -0.39 is 0 Å². The van der Waals surface area contributed by atoms with E-state index in [1.165, 1.54) is 4.90 Å². The Kier molecular flexibility index (Phi) is 4.90. The number of nitrogens with zero attached hydrogens (tertiary/aromatic N) is 1.